The molecule has 0 fully saturated rings. The first kappa shape index (κ1) is 21.2. The van der Waals surface area contributed by atoms with Gasteiger partial charge in [0.05, 0.1) is 17.7 Å². The van der Waals surface area contributed by atoms with Crippen molar-refractivity contribution in [2.75, 3.05) is 13.2 Å². The zero-order chi connectivity index (χ0) is 22.7. The normalized spacial score (nSPS) is 11.5. The maximum absolute atomic E-state index is 13.2. The Morgan fingerprint density at radius 3 is 2.50 bits per heavy atom. The fourth-order valence-corrected chi connectivity index (χ4v) is 2.97. The minimum Gasteiger partial charge on any atom is -0.475 e. The summed E-state index contributed by atoms with van der Waals surface area (Å²) in [7, 11) is 0. The minimum atomic E-state index is -4.63. The average Bonchev–Trinajstić information content (AvgIpc) is 3.20. The van der Waals surface area contributed by atoms with Gasteiger partial charge in [0.2, 0.25) is 5.88 Å². The van der Waals surface area contributed by atoms with Crippen LogP contribution in [-0.2, 0) is 6.18 Å². The number of hydrogen-bond donors (Lipinski definition) is 1. The molecule has 1 amide bonds. The first-order chi connectivity index (χ1) is 15.3. The van der Waals surface area contributed by atoms with Crippen molar-refractivity contribution in [2.45, 2.75) is 6.18 Å². The van der Waals surface area contributed by atoms with E-state index in [1.165, 1.54) is 40.9 Å². The van der Waals surface area contributed by atoms with Crippen molar-refractivity contribution in [1.82, 2.24) is 25.1 Å². The molecule has 32 heavy (non-hydrogen) atoms. The highest BCUT2D eigenvalue weighted by Gasteiger charge is 2.34. The van der Waals surface area contributed by atoms with Gasteiger partial charge in [0.1, 0.15) is 12.4 Å². The van der Waals surface area contributed by atoms with E-state index in [0.717, 1.165) is 12.1 Å². The topological polar surface area (TPSA) is 81.4 Å². The van der Waals surface area contributed by atoms with Crippen molar-refractivity contribution in [3.05, 3.63) is 77.6 Å². The molecule has 2 heterocycles. The van der Waals surface area contributed by atoms with E-state index in [0.29, 0.717) is 17.0 Å². The van der Waals surface area contributed by atoms with Crippen LogP contribution >= 0.6 is 0 Å². The van der Waals surface area contributed by atoms with Gasteiger partial charge in [0.15, 0.2) is 11.5 Å². The van der Waals surface area contributed by atoms with E-state index < -0.39 is 23.2 Å². The Morgan fingerprint density at radius 2 is 1.75 bits per heavy atom. The molecule has 0 spiro atoms. The quantitative estimate of drug-likeness (QED) is 0.361. The third kappa shape index (κ3) is 4.51. The number of benzene rings is 2. The van der Waals surface area contributed by atoms with Crippen LogP contribution in [0.25, 0.3) is 17.0 Å². The van der Waals surface area contributed by atoms with E-state index in [1.54, 1.807) is 12.1 Å². The zero-order valence-electron chi connectivity index (χ0n) is 16.3. The number of fused-ring (bicyclic) bond motifs is 1. The van der Waals surface area contributed by atoms with Crippen molar-refractivity contribution in [1.29, 1.82) is 0 Å². The van der Waals surface area contributed by atoms with Gasteiger partial charge >= 0.3 is 6.18 Å². The van der Waals surface area contributed by atoms with E-state index >= 15 is 0 Å². The molecule has 0 aliphatic rings. The SMILES string of the molecule is O=C(NCCOc1ccc2nnc(-c3ccc(F)cc3)n2n1)c1ccccc1C(F)(F)F. The highest BCUT2D eigenvalue weighted by molar-refractivity contribution is 5.95. The lowest BCUT2D eigenvalue weighted by molar-refractivity contribution is -0.137. The van der Waals surface area contributed by atoms with Gasteiger partial charge < -0.3 is 10.1 Å². The molecule has 0 aliphatic carbocycles. The highest BCUT2D eigenvalue weighted by Crippen LogP contribution is 2.31. The summed E-state index contributed by atoms with van der Waals surface area (Å²) in [6.45, 7) is -0.0792. The highest BCUT2D eigenvalue weighted by atomic mass is 19.4. The Bertz CT molecular complexity index is 1260. The first-order valence-corrected chi connectivity index (χ1v) is 9.38. The van der Waals surface area contributed by atoms with Gasteiger partial charge in [-0.2, -0.15) is 17.7 Å². The number of nitrogens with zero attached hydrogens (tertiary/aromatic N) is 4. The van der Waals surface area contributed by atoms with Crippen molar-refractivity contribution in [3.63, 3.8) is 0 Å². The monoisotopic (exact) mass is 445 g/mol. The van der Waals surface area contributed by atoms with Crippen LogP contribution in [0.3, 0.4) is 0 Å². The molecule has 0 aliphatic heterocycles. The number of halogens is 4. The number of rotatable bonds is 6. The number of carbonyl (C=O) groups excluding carboxylic acids is 1. The predicted molar refractivity (Wildman–Crippen MR) is 105 cm³/mol. The lowest BCUT2D eigenvalue weighted by Gasteiger charge is -2.12. The van der Waals surface area contributed by atoms with Crippen molar-refractivity contribution < 1.29 is 27.1 Å². The van der Waals surface area contributed by atoms with Gasteiger partial charge in [-0.05, 0) is 42.5 Å². The van der Waals surface area contributed by atoms with Crippen LogP contribution in [0.1, 0.15) is 15.9 Å². The Labute approximate surface area is 178 Å². The standard InChI is InChI=1S/C21H15F4N5O2/c22-14-7-5-13(6-8-14)19-28-27-17-9-10-18(29-30(17)19)32-12-11-26-20(31)15-3-1-2-4-16(15)21(23,24)25/h1-10H,11-12H2,(H,26,31). The van der Waals surface area contributed by atoms with Gasteiger partial charge in [-0.1, -0.05) is 12.1 Å². The molecule has 0 radical (unpaired) electrons. The predicted octanol–water partition coefficient (Wildman–Crippen LogP) is 3.76. The number of ether oxygens (including phenoxy) is 1. The third-order valence-electron chi connectivity index (χ3n) is 4.46. The fourth-order valence-electron chi connectivity index (χ4n) is 2.97. The van der Waals surface area contributed by atoms with E-state index in [-0.39, 0.29) is 24.8 Å². The second-order valence-electron chi connectivity index (χ2n) is 6.62. The summed E-state index contributed by atoms with van der Waals surface area (Å²) >= 11 is 0. The summed E-state index contributed by atoms with van der Waals surface area (Å²) in [4.78, 5) is 12.2. The van der Waals surface area contributed by atoms with Gasteiger partial charge in [-0.3, -0.25) is 4.79 Å². The summed E-state index contributed by atoms with van der Waals surface area (Å²) < 4.78 is 59.2. The van der Waals surface area contributed by atoms with Gasteiger partial charge in [0.25, 0.3) is 5.91 Å². The van der Waals surface area contributed by atoms with Crippen LogP contribution in [0, 0.1) is 5.82 Å². The van der Waals surface area contributed by atoms with E-state index in [9.17, 15) is 22.4 Å². The maximum Gasteiger partial charge on any atom is 0.417 e. The van der Waals surface area contributed by atoms with E-state index in [2.05, 4.69) is 20.6 Å². The molecule has 0 bridgehead atoms. The molecule has 7 nitrogen and oxygen atoms in total. The maximum atomic E-state index is 13.2. The van der Waals surface area contributed by atoms with Crippen molar-refractivity contribution >= 4 is 11.6 Å². The molecule has 0 unspecified atom stereocenters. The second kappa shape index (κ2) is 8.61. The number of hydrogen-bond acceptors (Lipinski definition) is 5. The zero-order valence-corrected chi connectivity index (χ0v) is 16.3. The van der Waals surface area contributed by atoms with Crippen LogP contribution in [0.5, 0.6) is 5.88 Å². The van der Waals surface area contributed by atoms with Gasteiger partial charge in [0, 0.05) is 11.6 Å². The lowest BCUT2D eigenvalue weighted by Crippen LogP contribution is -2.30. The molecule has 11 heteroatoms. The molecule has 1 N–H and O–H groups in total. The third-order valence-corrected chi connectivity index (χ3v) is 4.46. The summed E-state index contributed by atoms with van der Waals surface area (Å²) in [5.74, 6) is -0.685. The van der Waals surface area contributed by atoms with Crippen LogP contribution in [0.15, 0.2) is 60.7 Å². The largest absolute Gasteiger partial charge is 0.475 e. The summed E-state index contributed by atoms with van der Waals surface area (Å²) in [6.07, 6.45) is -4.63. The van der Waals surface area contributed by atoms with Crippen LogP contribution in [0.2, 0.25) is 0 Å². The number of carbonyl (C=O) groups is 1. The summed E-state index contributed by atoms with van der Waals surface area (Å²) in [5.41, 5.74) is -0.438. The molecule has 0 saturated carbocycles. The Kier molecular flexibility index (Phi) is 5.71. The summed E-state index contributed by atoms with van der Waals surface area (Å²) in [5, 5.41) is 14.7. The Balaban J connectivity index is 1.41. The number of alkyl halides is 3. The minimum absolute atomic E-state index is 0.0353. The van der Waals surface area contributed by atoms with E-state index in [4.69, 9.17) is 4.74 Å². The Morgan fingerprint density at radius 1 is 1.00 bits per heavy atom. The molecule has 0 atom stereocenters. The number of nitrogens with one attached hydrogen (secondary N) is 1. The fraction of sp³-hybridized carbons (Fsp3) is 0.143. The summed E-state index contributed by atoms with van der Waals surface area (Å²) in [6, 6.07) is 13.3. The van der Waals surface area contributed by atoms with Crippen molar-refractivity contribution in [2.24, 2.45) is 0 Å². The Hall–Kier alpha value is -4.02. The molecule has 164 valence electrons. The average molecular weight is 445 g/mol. The van der Waals surface area contributed by atoms with Crippen LogP contribution in [-0.4, -0.2) is 38.9 Å². The molecule has 4 aromatic rings. The second-order valence-corrected chi connectivity index (χ2v) is 6.62. The molecule has 4 rings (SSSR count). The molecule has 0 saturated heterocycles. The molecule has 2 aromatic heterocycles. The number of aromatic nitrogens is 4. The van der Waals surface area contributed by atoms with Gasteiger partial charge in [-0.15, -0.1) is 15.3 Å². The van der Waals surface area contributed by atoms with Gasteiger partial charge in [-0.25, -0.2) is 4.39 Å². The van der Waals surface area contributed by atoms with Crippen molar-refractivity contribution in [3.8, 4) is 17.3 Å². The smallest absolute Gasteiger partial charge is 0.417 e. The number of amides is 1. The van der Waals surface area contributed by atoms with Crippen LogP contribution in [0.4, 0.5) is 17.6 Å². The first-order valence-electron chi connectivity index (χ1n) is 9.38. The molecule has 2 aromatic carbocycles. The molecular formula is C21H15F4N5O2. The lowest BCUT2D eigenvalue weighted by atomic mass is 10.1. The van der Waals surface area contributed by atoms with E-state index in [1.807, 2.05) is 0 Å². The molecular weight excluding hydrogens is 430 g/mol. The van der Waals surface area contributed by atoms with Crippen LogP contribution < -0.4 is 10.1 Å².